The normalized spacial score (nSPS) is 21.4. The SMILES string of the molecule is Cc1cnc(NC2CCC(N[C@H](C)CC(=O)OC(C)(C)C)CC2)cc1-c1cccc(NCC2(C#N)CCOCC2)n1. The highest BCUT2D eigenvalue weighted by Gasteiger charge is 2.32. The Hall–Kier alpha value is -3.22. The Bertz CT molecular complexity index is 1210. The van der Waals surface area contributed by atoms with Gasteiger partial charge < -0.3 is 25.4 Å². The largest absolute Gasteiger partial charge is 0.460 e. The summed E-state index contributed by atoms with van der Waals surface area (Å²) in [6.45, 7) is 11.6. The Morgan fingerprint density at radius 1 is 1.17 bits per heavy atom. The van der Waals surface area contributed by atoms with Gasteiger partial charge >= 0.3 is 5.97 Å². The number of esters is 1. The minimum Gasteiger partial charge on any atom is -0.460 e. The molecule has 2 aliphatic rings. The van der Waals surface area contributed by atoms with Crippen molar-refractivity contribution in [3.05, 3.63) is 36.0 Å². The number of nitrogens with one attached hydrogen (secondary N) is 3. The second kappa shape index (κ2) is 13.6. The van der Waals surface area contributed by atoms with Gasteiger partial charge in [-0.2, -0.15) is 5.26 Å². The van der Waals surface area contributed by atoms with Crippen molar-refractivity contribution < 1.29 is 14.3 Å². The van der Waals surface area contributed by atoms with Crippen molar-refractivity contribution in [2.75, 3.05) is 30.4 Å². The minimum atomic E-state index is -0.452. The molecule has 2 aromatic heterocycles. The second-order valence-corrected chi connectivity index (χ2v) is 12.7. The predicted octanol–water partition coefficient (Wildman–Crippen LogP) is 5.62. The molecule has 2 aromatic rings. The van der Waals surface area contributed by atoms with Crippen LogP contribution >= 0.6 is 0 Å². The molecule has 41 heavy (non-hydrogen) atoms. The van der Waals surface area contributed by atoms with Gasteiger partial charge in [0.2, 0.25) is 0 Å². The number of nitriles is 1. The van der Waals surface area contributed by atoms with E-state index in [4.69, 9.17) is 14.5 Å². The van der Waals surface area contributed by atoms with Crippen LogP contribution in [0.5, 0.6) is 0 Å². The number of carbonyl (C=O) groups is 1. The van der Waals surface area contributed by atoms with Crippen molar-refractivity contribution in [3.63, 3.8) is 0 Å². The van der Waals surface area contributed by atoms with Crippen LogP contribution in [-0.4, -0.2) is 59.4 Å². The fourth-order valence-corrected chi connectivity index (χ4v) is 5.62. The molecule has 0 spiro atoms. The molecule has 1 saturated heterocycles. The first kappa shape index (κ1) is 30.7. The van der Waals surface area contributed by atoms with E-state index in [1.807, 2.05) is 45.2 Å². The number of anilines is 2. The summed E-state index contributed by atoms with van der Waals surface area (Å²) in [5.74, 6) is 1.46. The van der Waals surface area contributed by atoms with Gasteiger partial charge in [0, 0.05) is 49.6 Å². The van der Waals surface area contributed by atoms with Crippen molar-refractivity contribution in [2.24, 2.45) is 5.41 Å². The third-order valence-electron chi connectivity index (χ3n) is 7.92. The van der Waals surface area contributed by atoms with Gasteiger partial charge in [-0.1, -0.05) is 6.07 Å². The third-order valence-corrected chi connectivity index (χ3v) is 7.92. The van der Waals surface area contributed by atoms with Crippen molar-refractivity contribution in [1.82, 2.24) is 15.3 Å². The number of carbonyl (C=O) groups excluding carboxylic acids is 1. The molecule has 0 unspecified atom stereocenters. The Morgan fingerprint density at radius 2 is 1.88 bits per heavy atom. The van der Waals surface area contributed by atoms with E-state index in [-0.39, 0.29) is 12.0 Å². The first-order chi connectivity index (χ1) is 19.5. The molecule has 0 amide bonds. The number of hydrogen-bond donors (Lipinski definition) is 3. The molecule has 9 nitrogen and oxygen atoms in total. The zero-order valence-electron chi connectivity index (χ0n) is 25.3. The molecular formula is C32H46N6O3. The molecular weight excluding hydrogens is 516 g/mol. The summed E-state index contributed by atoms with van der Waals surface area (Å²) in [5.41, 5.74) is 2.11. The van der Waals surface area contributed by atoms with Crippen LogP contribution in [0.25, 0.3) is 11.3 Å². The fraction of sp³-hybridized carbons (Fsp3) is 0.625. The van der Waals surface area contributed by atoms with Crippen LogP contribution in [0.4, 0.5) is 11.6 Å². The van der Waals surface area contributed by atoms with E-state index in [1.165, 1.54) is 0 Å². The summed E-state index contributed by atoms with van der Waals surface area (Å²) < 4.78 is 10.9. The molecule has 0 bridgehead atoms. The van der Waals surface area contributed by atoms with E-state index in [0.717, 1.165) is 67.0 Å². The molecule has 1 atom stereocenters. The number of aromatic nitrogens is 2. The number of hydrogen-bond acceptors (Lipinski definition) is 9. The van der Waals surface area contributed by atoms with Crippen molar-refractivity contribution in [2.45, 2.75) is 103 Å². The fourth-order valence-electron chi connectivity index (χ4n) is 5.62. The maximum atomic E-state index is 12.2. The highest BCUT2D eigenvalue weighted by Crippen LogP contribution is 2.31. The average Bonchev–Trinajstić information content (AvgIpc) is 2.93. The molecule has 9 heteroatoms. The van der Waals surface area contributed by atoms with Crippen molar-refractivity contribution >= 4 is 17.6 Å². The quantitative estimate of drug-likeness (QED) is 0.317. The van der Waals surface area contributed by atoms with Gasteiger partial charge in [0.05, 0.1) is 23.6 Å². The Morgan fingerprint density at radius 3 is 2.56 bits per heavy atom. The van der Waals surface area contributed by atoms with Crippen LogP contribution < -0.4 is 16.0 Å². The van der Waals surface area contributed by atoms with E-state index in [0.29, 0.717) is 38.3 Å². The Labute approximate surface area is 244 Å². The smallest absolute Gasteiger partial charge is 0.307 e. The molecule has 1 aliphatic carbocycles. The maximum Gasteiger partial charge on any atom is 0.307 e. The molecule has 3 N–H and O–H groups in total. The molecule has 0 radical (unpaired) electrons. The summed E-state index contributed by atoms with van der Waals surface area (Å²) in [7, 11) is 0. The van der Waals surface area contributed by atoms with Crippen molar-refractivity contribution in [3.8, 4) is 17.3 Å². The number of rotatable bonds is 10. The van der Waals surface area contributed by atoms with Crippen LogP contribution in [0, 0.1) is 23.7 Å². The van der Waals surface area contributed by atoms with E-state index in [9.17, 15) is 10.1 Å². The first-order valence-corrected chi connectivity index (χ1v) is 15.0. The van der Waals surface area contributed by atoms with Gasteiger partial charge in [-0.15, -0.1) is 0 Å². The Balaban J connectivity index is 1.30. The average molecular weight is 563 g/mol. The van der Waals surface area contributed by atoms with E-state index in [1.54, 1.807) is 0 Å². The van der Waals surface area contributed by atoms with Gasteiger partial charge in [0.25, 0.3) is 0 Å². The lowest BCUT2D eigenvalue weighted by Gasteiger charge is -2.32. The van der Waals surface area contributed by atoms with Gasteiger partial charge in [-0.05, 0) is 96.9 Å². The van der Waals surface area contributed by atoms with Crippen LogP contribution in [0.3, 0.4) is 0 Å². The molecule has 3 heterocycles. The third kappa shape index (κ3) is 9.14. The number of ether oxygens (including phenoxy) is 2. The van der Waals surface area contributed by atoms with Crippen molar-refractivity contribution in [1.29, 1.82) is 5.26 Å². The Kier molecular flexibility index (Phi) is 10.2. The zero-order chi connectivity index (χ0) is 29.5. The van der Waals surface area contributed by atoms with E-state index < -0.39 is 11.0 Å². The minimum absolute atomic E-state index is 0.0838. The molecule has 0 aromatic carbocycles. The topological polar surface area (TPSA) is 121 Å². The van der Waals surface area contributed by atoms with E-state index in [2.05, 4.69) is 46.9 Å². The van der Waals surface area contributed by atoms with Gasteiger partial charge in [0.1, 0.15) is 17.2 Å². The first-order valence-electron chi connectivity index (χ1n) is 15.0. The van der Waals surface area contributed by atoms with Crippen LogP contribution in [0.15, 0.2) is 30.5 Å². The lowest BCUT2D eigenvalue weighted by molar-refractivity contribution is -0.155. The van der Waals surface area contributed by atoms with Crippen LogP contribution in [-0.2, 0) is 14.3 Å². The predicted molar refractivity (Wildman–Crippen MR) is 162 cm³/mol. The number of aryl methyl sites for hydroxylation is 1. The summed E-state index contributed by atoms with van der Waals surface area (Å²) in [6, 6.07) is 11.4. The molecule has 1 saturated carbocycles. The monoisotopic (exact) mass is 562 g/mol. The summed E-state index contributed by atoms with van der Waals surface area (Å²) in [5, 5.41) is 20.4. The molecule has 2 fully saturated rings. The van der Waals surface area contributed by atoms with Crippen LogP contribution in [0.2, 0.25) is 0 Å². The molecule has 222 valence electrons. The summed E-state index contributed by atoms with van der Waals surface area (Å²) in [6.07, 6.45) is 7.90. The lowest BCUT2D eigenvalue weighted by atomic mass is 9.82. The number of pyridine rings is 2. The standard InChI is InChI=1S/C32H46N6O3/c1-22-19-34-29(37-25-11-9-24(10-12-25)36-23(2)17-30(39)41-31(3,4)5)18-26(22)27-7-6-8-28(38-27)35-21-32(20-33)13-15-40-16-14-32/h6-8,18-19,23-25,36H,9-17,21H2,1-5H3,(H,34,37)(H,35,38)/t23-,24?,25?/m1/s1. The second-order valence-electron chi connectivity index (χ2n) is 12.7. The van der Waals surface area contributed by atoms with Gasteiger partial charge in [-0.3, -0.25) is 4.79 Å². The highest BCUT2D eigenvalue weighted by atomic mass is 16.6. The summed E-state index contributed by atoms with van der Waals surface area (Å²) in [4.78, 5) is 21.7. The van der Waals surface area contributed by atoms with E-state index >= 15 is 0 Å². The highest BCUT2D eigenvalue weighted by molar-refractivity contribution is 5.70. The van der Waals surface area contributed by atoms with Gasteiger partial charge in [0.15, 0.2) is 0 Å². The van der Waals surface area contributed by atoms with Crippen LogP contribution in [0.1, 0.15) is 78.2 Å². The maximum absolute atomic E-state index is 12.2. The summed E-state index contributed by atoms with van der Waals surface area (Å²) >= 11 is 0. The molecule has 1 aliphatic heterocycles. The lowest BCUT2D eigenvalue weighted by Crippen LogP contribution is -2.42. The molecule has 4 rings (SSSR count). The zero-order valence-corrected chi connectivity index (χ0v) is 25.3. The number of nitrogens with zero attached hydrogens (tertiary/aromatic N) is 3. The van der Waals surface area contributed by atoms with Gasteiger partial charge in [-0.25, -0.2) is 9.97 Å².